The summed E-state index contributed by atoms with van der Waals surface area (Å²) in [5, 5.41) is 0. The second kappa shape index (κ2) is 53.2. The van der Waals surface area contributed by atoms with Crippen LogP contribution < -0.4 is 0 Å². The lowest BCUT2D eigenvalue weighted by Gasteiger charge is -2.28. The molecule has 0 aromatic carbocycles. The molecule has 0 amide bonds. The molecule has 2 heterocycles. The molecule has 0 aromatic rings. The highest BCUT2D eigenvalue weighted by atomic mass is 16.5. The summed E-state index contributed by atoms with van der Waals surface area (Å²) in [6.07, 6.45) is 57.2. The molecule has 0 unspecified atom stereocenters. The van der Waals surface area contributed by atoms with E-state index in [1.54, 1.807) is 6.92 Å². The number of nitrogens with zero attached hydrogens (tertiary/aromatic N) is 2. The fraction of sp³-hybridized carbons (Fsp3) is 0.896. The van der Waals surface area contributed by atoms with Crippen molar-refractivity contribution in [1.82, 2.24) is 9.80 Å². The molecule has 436 valence electrons. The molecule has 0 bridgehead atoms. The van der Waals surface area contributed by atoms with E-state index in [0.717, 1.165) is 129 Å². The van der Waals surface area contributed by atoms with E-state index < -0.39 is 0 Å². The zero-order valence-corrected chi connectivity index (χ0v) is 49.7. The lowest BCUT2D eigenvalue weighted by atomic mass is 9.91. The van der Waals surface area contributed by atoms with Crippen molar-refractivity contribution in [3.05, 3.63) is 24.8 Å². The molecule has 0 aromatic heterocycles. The maximum atomic E-state index is 12.8. The van der Waals surface area contributed by atoms with Gasteiger partial charge in [-0.25, -0.2) is 0 Å². The van der Waals surface area contributed by atoms with Gasteiger partial charge in [0.15, 0.2) is 5.78 Å². The van der Waals surface area contributed by atoms with Crippen LogP contribution in [-0.2, 0) is 23.9 Å². The normalized spacial score (nSPS) is 16.5. The van der Waals surface area contributed by atoms with Crippen LogP contribution in [0.25, 0.3) is 0 Å². The van der Waals surface area contributed by atoms with Gasteiger partial charge in [-0.3, -0.25) is 14.5 Å². The number of Topliss-reactive ketones (excluding diaryl/α,β-unsaturated/α-hetero) is 1. The lowest BCUT2D eigenvalue weighted by molar-refractivity contribution is -0.150. The van der Waals surface area contributed by atoms with Gasteiger partial charge in [0.2, 0.25) is 0 Å². The van der Waals surface area contributed by atoms with E-state index >= 15 is 0 Å². The molecule has 0 spiro atoms. The molecule has 0 N–H and O–H groups in total. The Labute approximate surface area is 462 Å². The molecule has 0 saturated carbocycles. The average Bonchev–Trinajstić information content (AvgIpc) is 3.77. The molecule has 2 fully saturated rings. The summed E-state index contributed by atoms with van der Waals surface area (Å²) in [7, 11) is 2.17. The summed E-state index contributed by atoms with van der Waals surface area (Å²) in [6, 6.07) is 0.383. The number of unbranched alkanes of at least 4 members (excludes halogenated alkanes) is 26. The van der Waals surface area contributed by atoms with Gasteiger partial charge in [-0.05, 0) is 141 Å². The second-order valence-corrected chi connectivity index (χ2v) is 23.4. The molecule has 0 radical (unpaired) electrons. The number of ketones is 2. The number of hydrogen-bond acceptors (Lipinski definition) is 7. The minimum Gasteiger partial charge on any atom is -0.462 e. The Balaban J connectivity index is 0.00000225. The number of esters is 1. The van der Waals surface area contributed by atoms with Crippen LogP contribution in [0.15, 0.2) is 24.8 Å². The molecule has 2 atom stereocenters. The van der Waals surface area contributed by atoms with E-state index in [0.29, 0.717) is 37.1 Å². The summed E-state index contributed by atoms with van der Waals surface area (Å²) >= 11 is 0. The highest BCUT2D eigenvalue weighted by Gasteiger charge is 2.30. The van der Waals surface area contributed by atoms with Crippen LogP contribution in [-0.4, -0.2) is 85.9 Å². The molecule has 7 heteroatoms. The fourth-order valence-corrected chi connectivity index (χ4v) is 11.1. The van der Waals surface area contributed by atoms with Crippen molar-refractivity contribution < 1.29 is 23.9 Å². The number of carbonyl (C=O) groups is 3. The Morgan fingerprint density at radius 2 is 1.05 bits per heavy atom. The van der Waals surface area contributed by atoms with E-state index in [1.807, 2.05) is 6.08 Å². The van der Waals surface area contributed by atoms with Gasteiger partial charge in [-0.1, -0.05) is 214 Å². The number of ether oxygens (including phenoxy) is 2. The number of allylic oxidation sites excluding steroid dienone is 2. The van der Waals surface area contributed by atoms with Crippen LogP contribution in [0.1, 0.15) is 312 Å². The van der Waals surface area contributed by atoms with E-state index in [4.69, 9.17) is 9.47 Å². The van der Waals surface area contributed by atoms with Crippen molar-refractivity contribution in [2.45, 2.75) is 324 Å². The van der Waals surface area contributed by atoms with E-state index in [1.165, 1.54) is 167 Å². The standard InChI is InChI=1S/C47H86N2O5.C19H38.CH4/c1-5-7-9-11-14-20-26-46(27-21-15-12-10-8-6-2)54-47(52)28-22-16-13-17-24-36-53-40-44-37-43(39-49(44)33-23-18-19-25-41(3)50)29-30-45(51)38-42-31-34-48(4)35-32-42;1-4-7-9-11-13-15-17-19(6-3)18-16-14-12-10-8-5-2;/h29-30,42-44,46H,5-28,31-40H2,1-4H3;6,19H,3-5,7-18H2,1-2H3;1H4/t43-,44-;;/m0../s1. The summed E-state index contributed by atoms with van der Waals surface area (Å²) in [4.78, 5) is 41.8. The smallest absolute Gasteiger partial charge is 0.306 e. The molecule has 2 rings (SSSR count). The molecule has 2 saturated heterocycles. The third kappa shape index (κ3) is 44.2. The van der Waals surface area contributed by atoms with Gasteiger partial charge in [-0.2, -0.15) is 0 Å². The zero-order valence-electron chi connectivity index (χ0n) is 49.7. The number of hydrogen-bond donors (Lipinski definition) is 0. The number of carbonyl (C=O) groups excluding carboxylic acids is 3. The first kappa shape index (κ1) is 72.2. The highest BCUT2D eigenvalue weighted by Crippen LogP contribution is 2.27. The predicted molar refractivity (Wildman–Crippen MR) is 322 cm³/mol. The van der Waals surface area contributed by atoms with Crippen molar-refractivity contribution >= 4 is 17.5 Å². The van der Waals surface area contributed by atoms with Crippen LogP contribution in [0.2, 0.25) is 0 Å². The van der Waals surface area contributed by atoms with Crippen LogP contribution in [0.4, 0.5) is 0 Å². The average molecular weight is 1040 g/mol. The monoisotopic (exact) mass is 1040 g/mol. The van der Waals surface area contributed by atoms with E-state index in [-0.39, 0.29) is 31.1 Å². The maximum Gasteiger partial charge on any atom is 0.306 e. The first-order chi connectivity index (χ1) is 35.6. The number of piperidine rings is 1. The van der Waals surface area contributed by atoms with Crippen molar-refractivity contribution in [2.24, 2.45) is 17.8 Å². The topological polar surface area (TPSA) is 76.2 Å². The summed E-state index contributed by atoms with van der Waals surface area (Å²) in [5.41, 5.74) is 0. The molecule has 0 aliphatic carbocycles. The van der Waals surface area contributed by atoms with Crippen molar-refractivity contribution in [2.75, 3.05) is 46.4 Å². The summed E-state index contributed by atoms with van der Waals surface area (Å²) in [6.45, 7) is 20.5. The molecule has 74 heavy (non-hydrogen) atoms. The van der Waals surface area contributed by atoms with Gasteiger partial charge in [0.05, 0.1) is 6.61 Å². The Hall–Kier alpha value is -1.83. The first-order valence-corrected chi connectivity index (χ1v) is 32.2. The summed E-state index contributed by atoms with van der Waals surface area (Å²) in [5.74, 6) is 2.29. The number of rotatable bonds is 50. The van der Waals surface area contributed by atoms with E-state index in [9.17, 15) is 14.4 Å². The van der Waals surface area contributed by atoms with Crippen LogP contribution in [0, 0.1) is 17.8 Å². The Morgan fingerprint density at radius 1 is 0.595 bits per heavy atom. The van der Waals surface area contributed by atoms with Gasteiger partial charge >= 0.3 is 5.97 Å². The highest BCUT2D eigenvalue weighted by molar-refractivity contribution is 5.89. The quantitative estimate of drug-likeness (QED) is 0.0260. The largest absolute Gasteiger partial charge is 0.462 e. The van der Waals surface area contributed by atoms with Crippen molar-refractivity contribution in [3.63, 3.8) is 0 Å². The van der Waals surface area contributed by atoms with Gasteiger partial charge < -0.3 is 19.2 Å². The maximum absolute atomic E-state index is 12.8. The minimum atomic E-state index is 0. The van der Waals surface area contributed by atoms with Crippen LogP contribution in [0.5, 0.6) is 0 Å². The Morgan fingerprint density at radius 3 is 1.57 bits per heavy atom. The van der Waals surface area contributed by atoms with Crippen LogP contribution in [0.3, 0.4) is 0 Å². The first-order valence-electron chi connectivity index (χ1n) is 32.2. The van der Waals surface area contributed by atoms with Crippen molar-refractivity contribution in [1.29, 1.82) is 0 Å². The lowest BCUT2D eigenvalue weighted by Crippen LogP contribution is -2.34. The van der Waals surface area contributed by atoms with Crippen molar-refractivity contribution in [3.8, 4) is 0 Å². The Bertz CT molecular complexity index is 1260. The third-order valence-electron chi connectivity index (χ3n) is 16.1. The zero-order chi connectivity index (χ0) is 53.3. The molecular formula is C67H128N2O5. The second-order valence-electron chi connectivity index (χ2n) is 23.4. The SMILES string of the molecule is C.C=CC(CCCCCCCC)CCCCCCCC.CCCCCCCCC(CCCCCCCC)OC(=O)CCCCCCCOC[C@@H]1C[C@H](C=CC(=O)CC2CCN(C)CC2)CN1CCCCCC(C)=O. The number of likely N-dealkylation sites (tertiary alicyclic amines) is 2. The molecule has 7 nitrogen and oxygen atoms in total. The fourth-order valence-electron chi connectivity index (χ4n) is 11.1. The minimum absolute atomic E-state index is 0. The van der Waals surface area contributed by atoms with Crippen LogP contribution >= 0.6 is 0 Å². The predicted octanol–water partition coefficient (Wildman–Crippen LogP) is 19.4. The van der Waals surface area contributed by atoms with E-state index in [2.05, 4.69) is 63.3 Å². The van der Waals surface area contributed by atoms with Gasteiger partial charge in [0.1, 0.15) is 11.9 Å². The molecule has 2 aliphatic heterocycles. The summed E-state index contributed by atoms with van der Waals surface area (Å²) < 4.78 is 12.3. The Kier molecular flexibility index (Phi) is 51.9. The molecular weight excluding hydrogens is 913 g/mol. The van der Waals surface area contributed by atoms with Gasteiger partial charge in [-0.15, -0.1) is 6.58 Å². The van der Waals surface area contributed by atoms with Gasteiger partial charge in [0, 0.05) is 38.5 Å². The van der Waals surface area contributed by atoms with Gasteiger partial charge in [0.25, 0.3) is 0 Å². The third-order valence-corrected chi connectivity index (χ3v) is 16.1. The molecule has 2 aliphatic rings.